The quantitative estimate of drug-likeness (QED) is 0.858. The van der Waals surface area contributed by atoms with Gasteiger partial charge >= 0.3 is 0 Å². The molecule has 27 heavy (non-hydrogen) atoms. The highest BCUT2D eigenvalue weighted by atomic mass is 16.7. The van der Waals surface area contributed by atoms with Crippen LogP contribution in [0.1, 0.15) is 59.8 Å². The molecular weight excluding hydrogens is 338 g/mol. The Bertz CT molecular complexity index is 853. The van der Waals surface area contributed by atoms with E-state index in [4.69, 9.17) is 4.84 Å². The van der Waals surface area contributed by atoms with Crippen LogP contribution in [0.15, 0.2) is 47.6 Å². The molecule has 142 valence electrons. The Kier molecular flexibility index (Phi) is 5.22. The van der Waals surface area contributed by atoms with Gasteiger partial charge in [0.25, 0.3) is 5.91 Å². The third-order valence-electron chi connectivity index (χ3n) is 4.99. The van der Waals surface area contributed by atoms with E-state index in [1.165, 1.54) is 5.56 Å². The minimum Gasteiger partial charge on any atom is -0.364 e. The zero-order valence-electron chi connectivity index (χ0n) is 16.7. The first-order valence-electron chi connectivity index (χ1n) is 9.41. The molecule has 0 radical (unpaired) electrons. The lowest BCUT2D eigenvalue weighted by Gasteiger charge is -2.33. The molecule has 3 rings (SSSR count). The first-order valence-corrected chi connectivity index (χ1v) is 9.41. The fourth-order valence-corrected chi connectivity index (χ4v) is 3.18. The molecule has 0 bridgehead atoms. The Morgan fingerprint density at radius 1 is 1.11 bits per heavy atom. The molecule has 1 amide bonds. The Morgan fingerprint density at radius 2 is 1.74 bits per heavy atom. The summed E-state index contributed by atoms with van der Waals surface area (Å²) in [5, 5.41) is 6.04. The smallest absolute Gasteiger partial charge is 0.269 e. The van der Waals surface area contributed by atoms with Crippen LogP contribution in [0.3, 0.4) is 0 Å². The van der Waals surface area contributed by atoms with Crippen molar-refractivity contribution < 1.29 is 9.63 Å². The fraction of sp³-hybridized carbons (Fsp3) is 0.364. The van der Waals surface area contributed by atoms with Gasteiger partial charge in [-0.1, -0.05) is 48.3 Å². The standard InChI is InChI=1S/C22H27N3O2/c1-6-17-8-10-18(11-9-17)21(26)23-25-20(24-27-22(25,5)7-2)19-13-15(3)12-16(4)14-19/h8-14H,6-7H2,1-5H3,(H,23,26). The molecule has 0 saturated heterocycles. The minimum atomic E-state index is -0.730. The zero-order chi connectivity index (χ0) is 19.6. The van der Waals surface area contributed by atoms with Crippen LogP contribution >= 0.6 is 0 Å². The molecule has 0 saturated carbocycles. The highest BCUT2D eigenvalue weighted by Crippen LogP contribution is 2.29. The maximum atomic E-state index is 12.9. The van der Waals surface area contributed by atoms with Crippen LogP contribution in [-0.4, -0.2) is 22.5 Å². The topological polar surface area (TPSA) is 53.9 Å². The van der Waals surface area contributed by atoms with Crippen LogP contribution in [0.5, 0.6) is 0 Å². The maximum absolute atomic E-state index is 12.9. The van der Waals surface area contributed by atoms with Gasteiger partial charge in [-0.25, -0.2) is 5.01 Å². The second kappa shape index (κ2) is 7.43. The van der Waals surface area contributed by atoms with Crippen molar-refractivity contribution in [3.63, 3.8) is 0 Å². The van der Waals surface area contributed by atoms with Crippen molar-refractivity contribution in [2.75, 3.05) is 0 Å². The summed E-state index contributed by atoms with van der Waals surface area (Å²) < 4.78 is 0. The summed E-state index contributed by atoms with van der Waals surface area (Å²) in [5.41, 5.74) is 7.28. The largest absolute Gasteiger partial charge is 0.364 e. The van der Waals surface area contributed by atoms with Crippen molar-refractivity contribution in [3.8, 4) is 0 Å². The van der Waals surface area contributed by atoms with E-state index in [0.717, 1.165) is 23.1 Å². The second-order valence-corrected chi connectivity index (χ2v) is 7.24. The Hall–Kier alpha value is -2.82. The van der Waals surface area contributed by atoms with E-state index >= 15 is 0 Å². The third kappa shape index (κ3) is 3.82. The summed E-state index contributed by atoms with van der Waals surface area (Å²) in [6.07, 6.45) is 1.61. The number of nitrogens with zero attached hydrogens (tertiary/aromatic N) is 2. The number of benzene rings is 2. The van der Waals surface area contributed by atoms with Gasteiger partial charge in [-0.15, -0.1) is 0 Å². The molecule has 0 fully saturated rings. The summed E-state index contributed by atoms with van der Waals surface area (Å²) in [7, 11) is 0. The average Bonchev–Trinajstić information content (AvgIpc) is 2.98. The van der Waals surface area contributed by atoms with Crippen LogP contribution in [-0.2, 0) is 11.3 Å². The molecule has 0 spiro atoms. The molecule has 2 aromatic rings. The summed E-state index contributed by atoms with van der Waals surface area (Å²) in [6.45, 7) is 10.1. The van der Waals surface area contributed by atoms with Crippen LogP contribution in [0.4, 0.5) is 0 Å². The van der Waals surface area contributed by atoms with Crippen molar-refractivity contribution >= 4 is 11.7 Å². The number of rotatable bonds is 5. The lowest BCUT2D eigenvalue weighted by Crippen LogP contribution is -2.55. The van der Waals surface area contributed by atoms with Gasteiger partial charge in [0.1, 0.15) is 0 Å². The number of carbonyl (C=O) groups excluding carboxylic acids is 1. The summed E-state index contributed by atoms with van der Waals surface area (Å²) in [6, 6.07) is 13.9. The van der Waals surface area contributed by atoms with Crippen LogP contribution in [0, 0.1) is 13.8 Å². The van der Waals surface area contributed by atoms with E-state index in [1.807, 2.05) is 64.1 Å². The van der Waals surface area contributed by atoms with Gasteiger partial charge in [-0.3, -0.25) is 10.2 Å². The first kappa shape index (κ1) is 19.0. The molecule has 1 unspecified atom stereocenters. The molecule has 1 atom stereocenters. The van der Waals surface area contributed by atoms with Crippen molar-refractivity contribution in [3.05, 3.63) is 70.3 Å². The van der Waals surface area contributed by atoms with Crippen molar-refractivity contribution in [2.24, 2.45) is 5.16 Å². The Balaban J connectivity index is 1.90. The minimum absolute atomic E-state index is 0.181. The van der Waals surface area contributed by atoms with Gasteiger partial charge in [0.2, 0.25) is 5.72 Å². The number of aryl methyl sites for hydroxylation is 3. The molecule has 5 nitrogen and oxygen atoms in total. The highest BCUT2D eigenvalue weighted by molar-refractivity contribution is 6.02. The molecular formula is C22H27N3O2. The summed E-state index contributed by atoms with van der Waals surface area (Å²) >= 11 is 0. The van der Waals surface area contributed by atoms with Gasteiger partial charge in [0.15, 0.2) is 5.84 Å². The predicted molar refractivity (Wildman–Crippen MR) is 107 cm³/mol. The average molecular weight is 365 g/mol. The van der Waals surface area contributed by atoms with E-state index in [1.54, 1.807) is 5.01 Å². The molecule has 1 aliphatic heterocycles. The maximum Gasteiger partial charge on any atom is 0.269 e. The van der Waals surface area contributed by atoms with Gasteiger partial charge in [0.05, 0.1) is 0 Å². The van der Waals surface area contributed by atoms with Crippen LogP contribution in [0.2, 0.25) is 0 Å². The molecule has 0 aromatic heterocycles. The highest BCUT2D eigenvalue weighted by Gasteiger charge is 2.42. The predicted octanol–water partition coefficient (Wildman–Crippen LogP) is 4.33. The number of hydrazine groups is 1. The van der Waals surface area contributed by atoms with E-state index in [-0.39, 0.29) is 5.91 Å². The lowest BCUT2D eigenvalue weighted by molar-refractivity contribution is -0.0993. The number of oxime groups is 1. The van der Waals surface area contributed by atoms with Crippen LogP contribution in [0.25, 0.3) is 0 Å². The number of amides is 1. The van der Waals surface area contributed by atoms with Crippen molar-refractivity contribution in [1.82, 2.24) is 10.4 Å². The van der Waals surface area contributed by atoms with Crippen LogP contribution < -0.4 is 5.43 Å². The molecule has 1 aliphatic rings. The first-order chi connectivity index (χ1) is 12.9. The van der Waals surface area contributed by atoms with Crippen molar-refractivity contribution in [1.29, 1.82) is 0 Å². The lowest BCUT2D eigenvalue weighted by atomic mass is 10.1. The van der Waals surface area contributed by atoms with Gasteiger partial charge < -0.3 is 4.84 Å². The van der Waals surface area contributed by atoms with E-state index in [0.29, 0.717) is 17.8 Å². The monoisotopic (exact) mass is 365 g/mol. The van der Waals surface area contributed by atoms with Gasteiger partial charge in [-0.05, 0) is 57.0 Å². The molecule has 2 aromatic carbocycles. The molecule has 1 heterocycles. The Morgan fingerprint density at radius 3 is 2.30 bits per heavy atom. The molecule has 0 aliphatic carbocycles. The number of amidine groups is 1. The summed E-state index contributed by atoms with van der Waals surface area (Å²) in [5.74, 6) is 0.435. The fourth-order valence-electron chi connectivity index (χ4n) is 3.18. The number of carbonyl (C=O) groups is 1. The van der Waals surface area contributed by atoms with E-state index in [9.17, 15) is 4.79 Å². The summed E-state index contributed by atoms with van der Waals surface area (Å²) in [4.78, 5) is 18.6. The zero-order valence-corrected chi connectivity index (χ0v) is 16.7. The third-order valence-corrected chi connectivity index (χ3v) is 4.99. The number of nitrogens with one attached hydrogen (secondary N) is 1. The van der Waals surface area contributed by atoms with E-state index < -0.39 is 5.72 Å². The van der Waals surface area contributed by atoms with Gasteiger partial charge in [-0.2, -0.15) is 0 Å². The number of hydrogen-bond donors (Lipinski definition) is 1. The van der Waals surface area contributed by atoms with Crippen molar-refractivity contribution in [2.45, 2.75) is 53.2 Å². The normalized spacial score (nSPS) is 18.9. The second-order valence-electron chi connectivity index (χ2n) is 7.24. The van der Waals surface area contributed by atoms with Gasteiger partial charge in [0, 0.05) is 17.5 Å². The SMILES string of the molecule is CCc1ccc(C(=O)NN2C(c3cc(C)cc(C)c3)=NOC2(C)CC)cc1. The Labute approximate surface area is 161 Å². The number of hydrogen-bond acceptors (Lipinski definition) is 4. The molecule has 5 heteroatoms. The molecule has 1 N–H and O–H groups in total. The van der Waals surface area contributed by atoms with E-state index in [2.05, 4.69) is 23.6 Å².